The second kappa shape index (κ2) is 5.12. The van der Waals surface area contributed by atoms with Crippen molar-refractivity contribution >= 4 is 33.5 Å². The molecule has 86 valence electrons. The number of aliphatic carboxylic acids is 1. The molecule has 0 spiro atoms. The molecule has 0 saturated carbocycles. The number of rotatable bonds is 3. The number of carbonyl (C=O) groups excluding carboxylic acids is 1. The molecule has 0 aromatic heterocycles. The number of hydrogen-bond donors (Lipinski definition) is 2. The zero-order chi connectivity index (χ0) is 12.3. The first-order valence-electron chi connectivity index (χ1n) is 4.71. The summed E-state index contributed by atoms with van der Waals surface area (Å²) in [7, 11) is 0. The molecule has 1 amide bonds. The molecule has 1 unspecified atom stereocenters. The van der Waals surface area contributed by atoms with Crippen LogP contribution in [-0.2, 0) is 9.59 Å². The monoisotopic (exact) mass is 285 g/mol. The summed E-state index contributed by atoms with van der Waals surface area (Å²) in [5.74, 6) is -2.73. The Kier molecular flexibility index (Phi) is 4.06. The summed E-state index contributed by atoms with van der Waals surface area (Å²) in [4.78, 5) is 22.1. The fraction of sp³-hybridized carbons (Fsp3) is 0.273. The molecule has 0 heterocycles. The molecule has 0 fully saturated rings. The third-order valence-corrected chi connectivity index (χ3v) is 2.83. The molecule has 0 bridgehead atoms. The van der Waals surface area contributed by atoms with Gasteiger partial charge in [0, 0.05) is 4.47 Å². The molecule has 1 rings (SSSR count). The van der Waals surface area contributed by atoms with Crippen molar-refractivity contribution in [2.24, 2.45) is 5.92 Å². The van der Waals surface area contributed by atoms with Crippen LogP contribution in [0.25, 0.3) is 0 Å². The summed E-state index contributed by atoms with van der Waals surface area (Å²) in [5, 5.41) is 11.2. The van der Waals surface area contributed by atoms with E-state index in [9.17, 15) is 9.59 Å². The minimum Gasteiger partial charge on any atom is -0.481 e. The Hall–Kier alpha value is -1.36. The normalized spacial score (nSPS) is 11.9. The van der Waals surface area contributed by atoms with Gasteiger partial charge in [-0.3, -0.25) is 9.59 Å². The van der Waals surface area contributed by atoms with Gasteiger partial charge in [0.1, 0.15) is 5.92 Å². The number of aryl methyl sites for hydroxylation is 1. The molecule has 4 nitrogen and oxygen atoms in total. The van der Waals surface area contributed by atoms with Crippen LogP contribution in [0.4, 0.5) is 5.69 Å². The van der Waals surface area contributed by atoms with Crippen molar-refractivity contribution in [2.75, 3.05) is 5.32 Å². The van der Waals surface area contributed by atoms with E-state index in [0.29, 0.717) is 5.69 Å². The van der Waals surface area contributed by atoms with E-state index in [1.54, 1.807) is 12.1 Å². The minimum atomic E-state index is -1.14. The van der Waals surface area contributed by atoms with Crippen molar-refractivity contribution in [2.45, 2.75) is 13.8 Å². The van der Waals surface area contributed by atoms with Gasteiger partial charge in [-0.05, 0) is 47.5 Å². The Bertz CT molecular complexity index is 431. The minimum absolute atomic E-state index is 0.529. The molecule has 1 aromatic carbocycles. The number of carboxylic acid groups (broad SMARTS) is 1. The largest absolute Gasteiger partial charge is 0.481 e. The predicted molar refractivity (Wildman–Crippen MR) is 64.3 cm³/mol. The van der Waals surface area contributed by atoms with Crippen molar-refractivity contribution < 1.29 is 14.7 Å². The second-order valence-electron chi connectivity index (χ2n) is 3.53. The Morgan fingerprint density at radius 3 is 2.62 bits per heavy atom. The van der Waals surface area contributed by atoms with Gasteiger partial charge in [-0.2, -0.15) is 0 Å². The van der Waals surface area contributed by atoms with Crippen LogP contribution >= 0.6 is 15.9 Å². The Morgan fingerprint density at radius 2 is 2.06 bits per heavy atom. The van der Waals surface area contributed by atoms with Gasteiger partial charge in [0.15, 0.2) is 0 Å². The lowest BCUT2D eigenvalue weighted by Crippen LogP contribution is -2.27. The number of carboxylic acids is 1. The maximum atomic E-state index is 11.5. The van der Waals surface area contributed by atoms with Crippen LogP contribution in [0.15, 0.2) is 22.7 Å². The van der Waals surface area contributed by atoms with Gasteiger partial charge in [0.2, 0.25) is 5.91 Å². The van der Waals surface area contributed by atoms with Crippen LogP contribution in [0.1, 0.15) is 12.5 Å². The first-order valence-corrected chi connectivity index (χ1v) is 5.51. The number of carbonyl (C=O) groups is 2. The van der Waals surface area contributed by atoms with Gasteiger partial charge < -0.3 is 10.4 Å². The lowest BCUT2D eigenvalue weighted by atomic mass is 10.1. The molecule has 1 atom stereocenters. The SMILES string of the molecule is Cc1ccc(Br)c(NC(=O)C(C)C(=O)O)c1. The third-order valence-electron chi connectivity index (χ3n) is 2.14. The highest BCUT2D eigenvalue weighted by Crippen LogP contribution is 2.23. The van der Waals surface area contributed by atoms with E-state index < -0.39 is 17.8 Å². The molecule has 0 radical (unpaired) electrons. The van der Waals surface area contributed by atoms with Gasteiger partial charge in [0.05, 0.1) is 5.69 Å². The summed E-state index contributed by atoms with van der Waals surface area (Å²) in [5.41, 5.74) is 1.57. The van der Waals surface area contributed by atoms with Gasteiger partial charge >= 0.3 is 5.97 Å². The fourth-order valence-corrected chi connectivity index (χ4v) is 1.43. The first-order chi connectivity index (χ1) is 7.41. The van der Waals surface area contributed by atoms with Crippen LogP contribution in [0.2, 0.25) is 0 Å². The molecule has 0 aliphatic heterocycles. The van der Waals surface area contributed by atoms with Gasteiger partial charge in [-0.15, -0.1) is 0 Å². The summed E-state index contributed by atoms with van der Waals surface area (Å²) < 4.78 is 0.726. The van der Waals surface area contributed by atoms with Gasteiger partial charge in [-0.1, -0.05) is 6.07 Å². The van der Waals surface area contributed by atoms with Crippen molar-refractivity contribution in [1.82, 2.24) is 0 Å². The van der Waals surface area contributed by atoms with E-state index in [-0.39, 0.29) is 0 Å². The Morgan fingerprint density at radius 1 is 1.44 bits per heavy atom. The molecule has 0 aliphatic carbocycles. The molecule has 5 heteroatoms. The zero-order valence-electron chi connectivity index (χ0n) is 8.95. The van der Waals surface area contributed by atoms with E-state index in [1.807, 2.05) is 13.0 Å². The number of hydrogen-bond acceptors (Lipinski definition) is 2. The molecule has 1 aromatic rings. The van der Waals surface area contributed by atoms with Crippen LogP contribution in [0, 0.1) is 12.8 Å². The predicted octanol–water partition coefficient (Wildman–Crippen LogP) is 2.42. The van der Waals surface area contributed by atoms with Crippen LogP contribution in [0.3, 0.4) is 0 Å². The average molecular weight is 286 g/mol. The third kappa shape index (κ3) is 3.06. The van der Waals surface area contributed by atoms with E-state index in [2.05, 4.69) is 21.2 Å². The van der Waals surface area contributed by atoms with E-state index in [0.717, 1.165) is 10.0 Å². The van der Waals surface area contributed by atoms with E-state index >= 15 is 0 Å². The topological polar surface area (TPSA) is 66.4 Å². The number of anilines is 1. The molecule has 16 heavy (non-hydrogen) atoms. The maximum absolute atomic E-state index is 11.5. The Balaban J connectivity index is 2.84. The van der Waals surface area contributed by atoms with Gasteiger partial charge in [-0.25, -0.2) is 0 Å². The van der Waals surface area contributed by atoms with Crippen molar-refractivity contribution in [3.05, 3.63) is 28.2 Å². The quantitative estimate of drug-likeness (QED) is 0.838. The highest BCUT2D eigenvalue weighted by Gasteiger charge is 2.20. The Labute approximate surface area is 102 Å². The number of benzene rings is 1. The summed E-state index contributed by atoms with van der Waals surface area (Å²) in [6.45, 7) is 3.24. The number of halogens is 1. The smallest absolute Gasteiger partial charge is 0.315 e. The highest BCUT2D eigenvalue weighted by atomic mass is 79.9. The van der Waals surface area contributed by atoms with Crippen LogP contribution in [-0.4, -0.2) is 17.0 Å². The highest BCUT2D eigenvalue weighted by molar-refractivity contribution is 9.10. The van der Waals surface area contributed by atoms with Crippen molar-refractivity contribution in [3.8, 4) is 0 Å². The number of amides is 1. The molecular formula is C11H12BrNO3. The lowest BCUT2D eigenvalue weighted by molar-refractivity contribution is -0.144. The zero-order valence-corrected chi connectivity index (χ0v) is 10.5. The molecule has 0 saturated heterocycles. The summed E-state index contributed by atoms with van der Waals surface area (Å²) in [6, 6.07) is 5.47. The summed E-state index contributed by atoms with van der Waals surface area (Å²) in [6.07, 6.45) is 0. The number of nitrogens with one attached hydrogen (secondary N) is 1. The molecule has 0 aliphatic rings. The summed E-state index contributed by atoms with van der Waals surface area (Å²) >= 11 is 3.28. The van der Waals surface area contributed by atoms with Crippen molar-refractivity contribution in [3.63, 3.8) is 0 Å². The average Bonchev–Trinajstić information content (AvgIpc) is 2.22. The van der Waals surface area contributed by atoms with E-state index in [4.69, 9.17) is 5.11 Å². The van der Waals surface area contributed by atoms with E-state index in [1.165, 1.54) is 6.92 Å². The fourth-order valence-electron chi connectivity index (χ4n) is 1.09. The standard InChI is InChI=1S/C11H12BrNO3/c1-6-3-4-8(12)9(5-6)13-10(14)7(2)11(15)16/h3-5,7H,1-2H3,(H,13,14)(H,15,16). The van der Waals surface area contributed by atoms with Gasteiger partial charge in [0.25, 0.3) is 0 Å². The van der Waals surface area contributed by atoms with Crippen LogP contribution < -0.4 is 5.32 Å². The lowest BCUT2D eigenvalue weighted by Gasteiger charge is -2.10. The van der Waals surface area contributed by atoms with Crippen LogP contribution in [0.5, 0.6) is 0 Å². The molecule has 2 N–H and O–H groups in total. The maximum Gasteiger partial charge on any atom is 0.315 e. The second-order valence-corrected chi connectivity index (χ2v) is 4.39. The van der Waals surface area contributed by atoms with Crippen molar-refractivity contribution in [1.29, 1.82) is 0 Å². The first kappa shape index (κ1) is 12.7. The molecular weight excluding hydrogens is 274 g/mol.